The van der Waals surface area contributed by atoms with Crippen LogP contribution in [0.25, 0.3) is 11.2 Å². The number of nitrogens with zero attached hydrogens (tertiary/aromatic N) is 6. The van der Waals surface area contributed by atoms with Gasteiger partial charge in [0.25, 0.3) is 0 Å². The van der Waals surface area contributed by atoms with Crippen LogP contribution in [-0.4, -0.2) is 63.7 Å². The van der Waals surface area contributed by atoms with Crippen molar-refractivity contribution in [1.29, 1.82) is 0 Å². The first-order chi connectivity index (χ1) is 20.6. The first-order valence-electron chi connectivity index (χ1n) is 14.0. The number of aromatic nitrogens is 5. The number of rotatable bonds is 10. The van der Waals surface area contributed by atoms with E-state index < -0.39 is 24.2 Å². The molecule has 4 aromatic rings. The molecule has 2 aromatic heterocycles. The molecule has 3 unspecified atom stereocenters. The van der Waals surface area contributed by atoms with Gasteiger partial charge in [-0.1, -0.05) is 23.8 Å². The summed E-state index contributed by atoms with van der Waals surface area (Å²) in [7, 11) is 4.80. The molecule has 2 heterocycles. The Balaban J connectivity index is 1.54. The molecule has 0 saturated heterocycles. The average molecular weight is 601 g/mol. The Morgan fingerprint density at radius 3 is 2.35 bits per heavy atom. The summed E-state index contributed by atoms with van der Waals surface area (Å²) in [5, 5.41) is 18.7. The number of halogens is 3. The van der Waals surface area contributed by atoms with E-state index in [0.717, 1.165) is 22.4 Å². The van der Waals surface area contributed by atoms with Crippen molar-refractivity contribution in [1.82, 2.24) is 25.0 Å². The van der Waals surface area contributed by atoms with Crippen LogP contribution in [0, 0.1) is 12.8 Å². The molecule has 10 nitrogen and oxygen atoms in total. The molecule has 1 aliphatic carbocycles. The van der Waals surface area contributed by atoms with Gasteiger partial charge in [0.1, 0.15) is 23.6 Å². The standard InChI is InChI=1S/C30H35F3N6O4/c1-18-8-9-20(24(12-18)42-3)15-38(16-21-10-11-23(41-2)14-25(21)43-4)28-26-29(35-17-34-28)39(37-36-26)22-7-5-6-19(13-22)27(40)30(31,32)33/h8-12,14,17,19,22,27,40H,5-7,13,15-16H2,1-4H3. The van der Waals surface area contributed by atoms with Gasteiger partial charge in [0.2, 0.25) is 0 Å². The SMILES string of the molecule is COc1ccc(CN(Cc2ccc(C)cc2OC)c2ncnc3c2nnn3C2CCCC(C(O)C(F)(F)F)C2)c(OC)c1. The van der Waals surface area contributed by atoms with Crippen LogP contribution in [0.1, 0.15) is 48.4 Å². The van der Waals surface area contributed by atoms with Gasteiger partial charge in [0, 0.05) is 30.3 Å². The highest BCUT2D eigenvalue weighted by atomic mass is 19.4. The number of aryl methyl sites for hydroxylation is 1. The number of alkyl halides is 3. The lowest BCUT2D eigenvalue weighted by atomic mass is 9.82. The van der Waals surface area contributed by atoms with Crippen molar-refractivity contribution >= 4 is 17.0 Å². The minimum Gasteiger partial charge on any atom is -0.497 e. The number of aliphatic hydroxyl groups is 1. The van der Waals surface area contributed by atoms with Crippen LogP contribution in [0.15, 0.2) is 42.7 Å². The topological polar surface area (TPSA) is 108 Å². The molecule has 1 fully saturated rings. The van der Waals surface area contributed by atoms with Crippen LogP contribution < -0.4 is 19.1 Å². The summed E-state index contributed by atoms with van der Waals surface area (Å²) in [5.74, 6) is 1.58. The largest absolute Gasteiger partial charge is 0.497 e. The molecular formula is C30H35F3N6O4. The van der Waals surface area contributed by atoms with Gasteiger partial charge in [-0.15, -0.1) is 5.10 Å². The van der Waals surface area contributed by atoms with Crippen LogP contribution in [0.5, 0.6) is 17.2 Å². The summed E-state index contributed by atoms with van der Waals surface area (Å²) >= 11 is 0. The lowest BCUT2D eigenvalue weighted by Gasteiger charge is -2.32. The van der Waals surface area contributed by atoms with Crippen molar-refractivity contribution in [3.05, 3.63) is 59.4 Å². The molecule has 1 saturated carbocycles. The van der Waals surface area contributed by atoms with Crippen LogP contribution in [0.2, 0.25) is 0 Å². The molecule has 5 rings (SSSR count). The first-order valence-corrected chi connectivity index (χ1v) is 14.0. The number of ether oxygens (including phenoxy) is 3. The molecule has 0 radical (unpaired) electrons. The molecule has 3 atom stereocenters. The van der Waals surface area contributed by atoms with E-state index in [1.807, 2.05) is 42.2 Å². The molecule has 0 spiro atoms. The highest BCUT2D eigenvalue weighted by Crippen LogP contribution is 2.40. The third kappa shape index (κ3) is 6.46. The third-order valence-corrected chi connectivity index (χ3v) is 8.02. The van der Waals surface area contributed by atoms with Gasteiger partial charge in [-0.2, -0.15) is 13.2 Å². The highest BCUT2D eigenvalue weighted by Gasteiger charge is 2.45. The third-order valence-electron chi connectivity index (χ3n) is 8.02. The molecular weight excluding hydrogens is 565 g/mol. The summed E-state index contributed by atoms with van der Waals surface area (Å²) < 4.78 is 58.2. The minimum atomic E-state index is -4.67. The Hall–Kier alpha value is -4.13. The quantitative estimate of drug-likeness (QED) is 0.255. The zero-order valence-electron chi connectivity index (χ0n) is 24.5. The first kappa shape index (κ1) is 30.3. The second-order valence-corrected chi connectivity index (χ2v) is 10.8. The zero-order valence-corrected chi connectivity index (χ0v) is 24.5. The molecule has 13 heteroatoms. The van der Waals surface area contributed by atoms with Gasteiger partial charge in [-0.25, -0.2) is 14.6 Å². The van der Waals surface area contributed by atoms with Crippen molar-refractivity contribution in [3.8, 4) is 17.2 Å². The lowest BCUT2D eigenvalue weighted by Crippen LogP contribution is -2.38. The van der Waals surface area contributed by atoms with Gasteiger partial charge in [-0.05, 0) is 55.9 Å². The van der Waals surface area contributed by atoms with E-state index in [4.69, 9.17) is 14.2 Å². The van der Waals surface area contributed by atoms with Crippen molar-refractivity contribution in [2.24, 2.45) is 5.92 Å². The van der Waals surface area contributed by atoms with E-state index in [2.05, 4.69) is 20.3 Å². The Morgan fingerprint density at radius 1 is 0.977 bits per heavy atom. The summed E-state index contributed by atoms with van der Waals surface area (Å²) in [6.45, 7) is 2.75. The number of benzene rings is 2. The number of methoxy groups -OCH3 is 3. The Kier molecular flexibility index (Phi) is 8.90. The Labute approximate surface area is 247 Å². The van der Waals surface area contributed by atoms with Gasteiger partial charge in [-0.3, -0.25) is 0 Å². The molecule has 1 N–H and O–H groups in total. The second kappa shape index (κ2) is 12.6. The predicted octanol–water partition coefficient (Wildman–Crippen LogP) is 5.42. The molecule has 230 valence electrons. The number of aliphatic hydroxyl groups excluding tert-OH is 1. The fraction of sp³-hybridized carbons (Fsp3) is 0.467. The smallest absolute Gasteiger partial charge is 0.414 e. The summed E-state index contributed by atoms with van der Waals surface area (Å²) in [6, 6.07) is 11.1. The van der Waals surface area contributed by atoms with E-state index in [1.165, 1.54) is 6.33 Å². The minimum absolute atomic E-state index is 0.117. The van der Waals surface area contributed by atoms with E-state index in [9.17, 15) is 18.3 Å². The van der Waals surface area contributed by atoms with Gasteiger partial charge < -0.3 is 24.2 Å². The van der Waals surface area contributed by atoms with Crippen molar-refractivity contribution in [3.63, 3.8) is 0 Å². The maximum absolute atomic E-state index is 13.3. The molecule has 43 heavy (non-hydrogen) atoms. The maximum Gasteiger partial charge on any atom is 0.414 e. The monoisotopic (exact) mass is 600 g/mol. The van der Waals surface area contributed by atoms with E-state index >= 15 is 0 Å². The Morgan fingerprint density at radius 2 is 1.67 bits per heavy atom. The summed E-state index contributed by atoms with van der Waals surface area (Å²) in [4.78, 5) is 11.1. The molecule has 2 aromatic carbocycles. The molecule has 0 aliphatic heterocycles. The van der Waals surface area contributed by atoms with Crippen molar-refractivity contribution < 1.29 is 32.5 Å². The van der Waals surface area contributed by atoms with E-state index in [1.54, 1.807) is 32.1 Å². The molecule has 0 bridgehead atoms. The van der Waals surface area contributed by atoms with Gasteiger partial charge >= 0.3 is 6.18 Å². The van der Waals surface area contributed by atoms with Crippen LogP contribution in [-0.2, 0) is 13.1 Å². The van der Waals surface area contributed by atoms with Crippen molar-refractivity contribution in [2.45, 2.75) is 64.0 Å². The fourth-order valence-electron chi connectivity index (χ4n) is 5.79. The number of anilines is 1. The van der Waals surface area contributed by atoms with Crippen LogP contribution >= 0.6 is 0 Å². The fourth-order valence-corrected chi connectivity index (χ4v) is 5.79. The van der Waals surface area contributed by atoms with Crippen molar-refractivity contribution in [2.75, 3.05) is 26.2 Å². The van der Waals surface area contributed by atoms with E-state index in [0.29, 0.717) is 60.8 Å². The second-order valence-electron chi connectivity index (χ2n) is 10.8. The highest BCUT2D eigenvalue weighted by molar-refractivity contribution is 5.82. The normalized spacial score (nSPS) is 18.0. The van der Waals surface area contributed by atoms with Crippen LogP contribution in [0.4, 0.5) is 19.0 Å². The summed E-state index contributed by atoms with van der Waals surface area (Å²) in [5.41, 5.74) is 3.66. The average Bonchev–Trinajstić information content (AvgIpc) is 3.45. The number of fused-ring (bicyclic) bond motifs is 1. The van der Waals surface area contributed by atoms with Gasteiger partial charge in [0.15, 0.2) is 23.1 Å². The maximum atomic E-state index is 13.3. The number of hydrogen-bond acceptors (Lipinski definition) is 9. The molecule has 0 amide bonds. The van der Waals surface area contributed by atoms with Gasteiger partial charge in [0.05, 0.1) is 27.4 Å². The predicted molar refractivity (Wildman–Crippen MR) is 153 cm³/mol. The number of hydrogen-bond donors (Lipinski definition) is 1. The van der Waals surface area contributed by atoms with Crippen LogP contribution in [0.3, 0.4) is 0 Å². The zero-order chi connectivity index (χ0) is 30.7. The molecule has 1 aliphatic rings. The lowest BCUT2D eigenvalue weighted by molar-refractivity contribution is -0.223. The Bertz CT molecular complexity index is 1560. The summed E-state index contributed by atoms with van der Waals surface area (Å²) in [6.07, 6.45) is -4.11. The van der Waals surface area contributed by atoms with E-state index in [-0.39, 0.29) is 6.42 Å².